The molecule has 1 N–H and O–H groups in total. The molecule has 1 aliphatic rings. The number of alkyl halides is 2. The van der Waals surface area contributed by atoms with Crippen LogP contribution >= 0.6 is 0 Å². The molecule has 32 heavy (non-hydrogen) atoms. The highest BCUT2D eigenvalue weighted by Gasteiger charge is 2.29. The molecule has 0 aromatic carbocycles. The van der Waals surface area contributed by atoms with E-state index in [0.717, 1.165) is 33.1 Å². The van der Waals surface area contributed by atoms with E-state index in [1.807, 2.05) is 0 Å². The summed E-state index contributed by atoms with van der Waals surface area (Å²) >= 11 is 0. The van der Waals surface area contributed by atoms with Gasteiger partial charge in [0, 0.05) is 58.4 Å². The maximum absolute atomic E-state index is 14.1. The summed E-state index contributed by atoms with van der Waals surface area (Å²) in [5, 5.41) is 8.06. The van der Waals surface area contributed by atoms with Gasteiger partial charge in [0.1, 0.15) is 11.5 Å². The Kier molecular flexibility index (Phi) is 5.63. The summed E-state index contributed by atoms with van der Waals surface area (Å²) in [7, 11) is 3.36. The maximum Gasteiger partial charge on any atom is 0.318 e. The Morgan fingerprint density at radius 2 is 1.91 bits per heavy atom. The molecular weight excluding hydrogens is 422 g/mol. The van der Waals surface area contributed by atoms with Gasteiger partial charge in [0.05, 0.1) is 18.0 Å². The summed E-state index contributed by atoms with van der Waals surface area (Å²) in [4.78, 5) is 28.2. The molecule has 4 rings (SSSR count). The lowest BCUT2D eigenvalue weighted by Crippen LogP contribution is -2.44. The van der Waals surface area contributed by atoms with Crippen LogP contribution in [0.5, 0.6) is 6.01 Å². The van der Waals surface area contributed by atoms with Crippen LogP contribution < -0.4 is 15.0 Å². The second kappa shape index (κ2) is 8.26. The van der Waals surface area contributed by atoms with Crippen molar-refractivity contribution in [2.75, 3.05) is 50.6 Å². The Hall–Kier alpha value is -3.41. The van der Waals surface area contributed by atoms with Gasteiger partial charge >= 0.3 is 6.01 Å². The third-order valence-electron chi connectivity index (χ3n) is 5.19. The van der Waals surface area contributed by atoms with E-state index in [2.05, 4.69) is 37.1 Å². The predicted octanol–water partition coefficient (Wildman–Crippen LogP) is 2.04. The molecule has 170 valence electrons. The fraction of sp³-hybridized carbons (Fsp3) is 0.450. The van der Waals surface area contributed by atoms with E-state index in [9.17, 15) is 13.6 Å². The number of methoxy groups -OCH3 is 1. The van der Waals surface area contributed by atoms with E-state index in [-0.39, 0.29) is 17.7 Å². The summed E-state index contributed by atoms with van der Waals surface area (Å²) < 4.78 is 34.7. The van der Waals surface area contributed by atoms with Crippen LogP contribution in [0.2, 0.25) is 0 Å². The van der Waals surface area contributed by atoms with E-state index in [4.69, 9.17) is 9.84 Å². The Morgan fingerprint density at radius 3 is 2.53 bits per heavy atom. The van der Waals surface area contributed by atoms with Crippen LogP contribution in [0.15, 0.2) is 18.3 Å². The van der Waals surface area contributed by atoms with Crippen LogP contribution in [0.4, 0.5) is 20.4 Å². The normalized spacial score (nSPS) is 15.2. The highest BCUT2D eigenvalue weighted by atomic mass is 19.3. The molecule has 1 amide bonds. The van der Waals surface area contributed by atoms with Gasteiger partial charge in [-0.3, -0.25) is 4.79 Å². The summed E-state index contributed by atoms with van der Waals surface area (Å²) in [6, 6.07) is 2.63. The lowest BCUT2D eigenvalue weighted by atomic mass is 10.2. The Balaban J connectivity index is 1.90. The number of hydrogen-bond donors (Lipinski definition) is 1. The van der Waals surface area contributed by atoms with Crippen molar-refractivity contribution in [3.05, 3.63) is 24.0 Å². The molecule has 4 heterocycles. The van der Waals surface area contributed by atoms with Gasteiger partial charge < -0.3 is 19.9 Å². The number of hydrogen-bond acceptors (Lipinski definition) is 8. The number of fused-ring (bicyclic) bond motifs is 1. The molecule has 0 atom stereocenters. The van der Waals surface area contributed by atoms with E-state index in [1.165, 1.54) is 24.8 Å². The first-order chi connectivity index (χ1) is 15.2. The van der Waals surface area contributed by atoms with Gasteiger partial charge in [-0.05, 0) is 7.05 Å². The molecule has 0 bridgehead atoms. The number of anilines is 2. The number of aromatic nitrogens is 5. The molecule has 0 radical (unpaired) electrons. The van der Waals surface area contributed by atoms with Crippen LogP contribution in [0.25, 0.3) is 16.7 Å². The second-order valence-electron chi connectivity index (χ2n) is 7.78. The number of ether oxygens (including phenoxy) is 1. The smallest absolute Gasteiger partial charge is 0.318 e. The van der Waals surface area contributed by atoms with Gasteiger partial charge in [-0.15, -0.1) is 5.10 Å². The minimum Gasteiger partial charge on any atom is -0.467 e. The third-order valence-corrected chi connectivity index (χ3v) is 5.19. The monoisotopic (exact) mass is 446 g/mol. The maximum atomic E-state index is 14.1. The van der Waals surface area contributed by atoms with E-state index in [1.54, 1.807) is 12.3 Å². The molecule has 1 saturated heterocycles. The first kappa shape index (κ1) is 21.8. The number of halogens is 2. The lowest BCUT2D eigenvalue weighted by molar-refractivity contribution is -0.114. The molecule has 0 spiro atoms. The number of nitrogens with one attached hydrogen (secondary N) is 1. The molecule has 1 fully saturated rings. The van der Waals surface area contributed by atoms with Gasteiger partial charge in [-0.25, -0.2) is 9.67 Å². The zero-order valence-electron chi connectivity index (χ0n) is 18.3. The number of carbonyl (C=O) groups is 1. The van der Waals surface area contributed by atoms with Gasteiger partial charge in [0.15, 0.2) is 11.6 Å². The second-order valence-corrected chi connectivity index (χ2v) is 7.78. The highest BCUT2D eigenvalue weighted by molar-refractivity contribution is 5.95. The lowest BCUT2D eigenvalue weighted by Gasteiger charge is -2.32. The fourth-order valence-electron chi connectivity index (χ4n) is 3.51. The summed E-state index contributed by atoms with van der Waals surface area (Å²) in [5.41, 5.74) is 0.0732. The topological polar surface area (TPSA) is 101 Å². The van der Waals surface area contributed by atoms with Crippen molar-refractivity contribution >= 4 is 28.4 Å². The van der Waals surface area contributed by atoms with Crippen molar-refractivity contribution in [2.45, 2.75) is 19.8 Å². The molecular formula is C20H24F2N8O2. The molecule has 12 heteroatoms. The number of pyridine rings is 1. The number of amides is 1. The zero-order chi connectivity index (χ0) is 23.0. The van der Waals surface area contributed by atoms with Crippen LogP contribution in [-0.2, 0) is 10.7 Å². The zero-order valence-corrected chi connectivity index (χ0v) is 18.3. The summed E-state index contributed by atoms with van der Waals surface area (Å²) in [6.07, 6.45) is 1.62. The Morgan fingerprint density at radius 1 is 1.19 bits per heavy atom. The average molecular weight is 446 g/mol. The van der Waals surface area contributed by atoms with Crippen LogP contribution in [-0.4, -0.2) is 75.9 Å². The first-order valence-electron chi connectivity index (χ1n) is 10.1. The van der Waals surface area contributed by atoms with Crippen molar-refractivity contribution < 1.29 is 18.3 Å². The van der Waals surface area contributed by atoms with Crippen molar-refractivity contribution in [1.82, 2.24) is 29.6 Å². The van der Waals surface area contributed by atoms with Crippen molar-refractivity contribution in [3.63, 3.8) is 0 Å². The number of nitrogens with zero attached hydrogens (tertiary/aromatic N) is 7. The quantitative estimate of drug-likeness (QED) is 0.636. The number of likely N-dealkylation sites (N-methyl/N-ethyl adjacent to an activating group) is 1. The van der Waals surface area contributed by atoms with E-state index >= 15 is 0 Å². The summed E-state index contributed by atoms with van der Waals surface area (Å²) in [5.74, 6) is -2.37. The van der Waals surface area contributed by atoms with Crippen molar-refractivity contribution in [3.8, 4) is 11.8 Å². The van der Waals surface area contributed by atoms with Crippen LogP contribution in [0.1, 0.15) is 19.5 Å². The molecule has 3 aromatic rings. The van der Waals surface area contributed by atoms with Crippen LogP contribution in [0, 0.1) is 0 Å². The van der Waals surface area contributed by atoms with Crippen molar-refractivity contribution in [1.29, 1.82) is 0 Å². The average Bonchev–Trinajstić information content (AvgIpc) is 3.11. The molecule has 0 aliphatic carbocycles. The van der Waals surface area contributed by atoms with E-state index < -0.39 is 11.6 Å². The minimum atomic E-state index is -3.20. The molecule has 10 nitrogen and oxygen atoms in total. The van der Waals surface area contributed by atoms with Gasteiger partial charge in [0.25, 0.3) is 5.92 Å². The van der Waals surface area contributed by atoms with Crippen molar-refractivity contribution in [2.24, 2.45) is 0 Å². The largest absolute Gasteiger partial charge is 0.467 e. The molecule has 3 aromatic heterocycles. The number of piperazine rings is 1. The molecule has 0 saturated carbocycles. The number of rotatable bonds is 5. The van der Waals surface area contributed by atoms with E-state index in [0.29, 0.717) is 22.5 Å². The SMILES string of the molecule is COc1nc(-n2nc(N3CCN(C)CC3)c3cnc(NC(C)=O)cc32)cc(C(C)(F)F)n1. The number of carbonyl (C=O) groups excluding carboxylic acids is 1. The van der Waals surface area contributed by atoms with Gasteiger partial charge in [-0.1, -0.05) is 0 Å². The highest BCUT2D eigenvalue weighted by Crippen LogP contribution is 2.32. The van der Waals surface area contributed by atoms with Gasteiger partial charge in [0.2, 0.25) is 5.91 Å². The Labute approximate surface area is 183 Å². The standard InChI is InChI=1S/C20H24F2N8O2/c1-12(31)24-16-9-14-13(11-23-16)18(29-7-5-28(3)6-8-29)27-30(14)17-10-15(20(2,21)22)25-19(26-17)32-4/h9-11H,5-8H2,1-4H3,(H,23,24,31). The Bertz CT molecular complexity index is 1150. The first-order valence-corrected chi connectivity index (χ1v) is 10.1. The molecule has 0 unspecified atom stereocenters. The van der Waals surface area contributed by atoms with Crippen LogP contribution in [0.3, 0.4) is 0 Å². The molecule has 1 aliphatic heterocycles. The summed E-state index contributed by atoms with van der Waals surface area (Å²) in [6.45, 7) is 5.36. The third kappa shape index (κ3) is 4.31. The minimum absolute atomic E-state index is 0.124. The predicted molar refractivity (Wildman–Crippen MR) is 115 cm³/mol. The van der Waals surface area contributed by atoms with Gasteiger partial charge in [-0.2, -0.15) is 18.7 Å². The fourth-order valence-corrected chi connectivity index (χ4v) is 3.51.